The van der Waals surface area contributed by atoms with Gasteiger partial charge in [0.1, 0.15) is 6.04 Å². The first-order chi connectivity index (χ1) is 5.66. The summed E-state index contributed by atoms with van der Waals surface area (Å²) < 4.78 is 1.53. The Bertz CT molecular complexity index is 280. The largest absolute Gasteiger partial charge is 0.480 e. The second-order valence-corrected chi connectivity index (χ2v) is 2.68. The van der Waals surface area contributed by atoms with Crippen molar-refractivity contribution in [3.63, 3.8) is 0 Å². The van der Waals surface area contributed by atoms with Gasteiger partial charge in [-0.3, -0.25) is 4.68 Å². The van der Waals surface area contributed by atoms with E-state index in [-0.39, 0.29) is 0 Å². The summed E-state index contributed by atoms with van der Waals surface area (Å²) in [6.45, 7) is 3.68. The van der Waals surface area contributed by atoms with Crippen LogP contribution in [0.1, 0.15) is 25.1 Å². The molecule has 4 heteroatoms. The third-order valence-electron chi connectivity index (χ3n) is 1.84. The van der Waals surface area contributed by atoms with Crippen LogP contribution in [0.25, 0.3) is 0 Å². The van der Waals surface area contributed by atoms with Gasteiger partial charge in [-0.1, -0.05) is 6.92 Å². The number of carbonyl (C=O) groups is 1. The molecule has 0 saturated heterocycles. The molecule has 1 N–H and O–H groups in total. The fourth-order valence-electron chi connectivity index (χ4n) is 1.16. The van der Waals surface area contributed by atoms with Crippen LogP contribution < -0.4 is 0 Å². The van der Waals surface area contributed by atoms with Gasteiger partial charge >= 0.3 is 5.97 Å². The maximum Gasteiger partial charge on any atom is 0.328 e. The average molecular weight is 168 g/mol. The molecular weight excluding hydrogens is 156 g/mol. The normalized spacial score (nSPS) is 12.8. The highest BCUT2D eigenvalue weighted by molar-refractivity contribution is 5.71. The van der Waals surface area contributed by atoms with Crippen LogP contribution in [0.5, 0.6) is 0 Å². The molecular formula is C8H12N2O2. The monoisotopic (exact) mass is 168 g/mol. The van der Waals surface area contributed by atoms with E-state index in [4.69, 9.17) is 5.11 Å². The summed E-state index contributed by atoms with van der Waals surface area (Å²) in [6, 6.07) is 1.27. The molecule has 0 aliphatic heterocycles. The molecule has 0 fully saturated rings. The molecule has 1 aromatic rings. The van der Waals surface area contributed by atoms with Crippen molar-refractivity contribution in [3.05, 3.63) is 18.0 Å². The van der Waals surface area contributed by atoms with E-state index in [0.29, 0.717) is 6.42 Å². The molecule has 12 heavy (non-hydrogen) atoms. The van der Waals surface area contributed by atoms with Crippen molar-refractivity contribution in [2.24, 2.45) is 0 Å². The minimum absolute atomic E-state index is 0.528. The lowest BCUT2D eigenvalue weighted by Gasteiger charge is -2.11. The summed E-state index contributed by atoms with van der Waals surface area (Å²) in [7, 11) is 0. The Morgan fingerprint density at radius 1 is 1.83 bits per heavy atom. The third-order valence-corrected chi connectivity index (χ3v) is 1.84. The van der Waals surface area contributed by atoms with Crippen LogP contribution in [-0.4, -0.2) is 20.9 Å². The lowest BCUT2D eigenvalue weighted by Crippen LogP contribution is -2.20. The minimum Gasteiger partial charge on any atom is -0.480 e. The lowest BCUT2D eigenvalue weighted by atomic mass is 10.2. The molecule has 66 valence electrons. The highest BCUT2D eigenvalue weighted by atomic mass is 16.4. The second kappa shape index (κ2) is 3.38. The van der Waals surface area contributed by atoms with Crippen LogP contribution >= 0.6 is 0 Å². The molecule has 0 bridgehead atoms. The molecule has 0 aliphatic carbocycles. The molecule has 1 heterocycles. The topological polar surface area (TPSA) is 55.1 Å². The number of hydrogen-bond donors (Lipinski definition) is 1. The first kappa shape index (κ1) is 8.77. The van der Waals surface area contributed by atoms with E-state index < -0.39 is 12.0 Å². The smallest absolute Gasteiger partial charge is 0.328 e. The van der Waals surface area contributed by atoms with E-state index in [9.17, 15) is 4.79 Å². The first-order valence-electron chi connectivity index (χ1n) is 3.89. The van der Waals surface area contributed by atoms with Crippen LogP contribution in [-0.2, 0) is 4.79 Å². The zero-order valence-corrected chi connectivity index (χ0v) is 7.19. The first-order valence-corrected chi connectivity index (χ1v) is 3.89. The second-order valence-electron chi connectivity index (χ2n) is 2.68. The molecule has 0 spiro atoms. The zero-order valence-electron chi connectivity index (χ0n) is 7.19. The predicted octanol–water partition coefficient (Wildman–Crippen LogP) is 1.23. The molecule has 0 aromatic carbocycles. The van der Waals surface area contributed by atoms with Gasteiger partial charge < -0.3 is 5.11 Å². The highest BCUT2D eigenvalue weighted by Gasteiger charge is 2.18. The molecule has 1 aromatic heterocycles. The Labute approximate surface area is 70.8 Å². The number of carboxylic acid groups (broad SMARTS) is 1. The highest BCUT2D eigenvalue weighted by Crippen LogP contribution is 2.12. The van der Waals surface area contributed by atoms with Gasteiger partial charge in [-0.15, -0.1) is 0 Å². The van der Waals surface area contributed by atoms with Gasteiger partial charge in [0.15, 0.2) is 0 Å². The Kier molecular flexibility index (Phi) is 2.47. The van der Waals surface area contributed by atoms with E-state index >= 15 is 0 Å². The van der Waals surface area contributed by atoms with Crippen molar-refractivity contribution >= 4 is 5.97 Å². The minimum atomic E-state index is -0.829. The molecule has 4 nitrogen and oxygen atoms in total. The number of hydrogen-bond acceptors (Lipinski definition) is 2. The third kappa shape index (κ3) is 1.47. The summed E-state index contributed by atoms with van der Waals surface area (Å²) in [6.07, 6.45) is 2.17. The van der Waals surface area contributed by atoms with Gasteiger partial charge in [-0.05, 0) is 19.4 Å². The lowest BCUT2D eigenvalue weighted by molar-refractivity contribution is -0.141. The molecule has 0 unspecified atom stereocenters. The van der Waals surface area contributed by atoms with Crippen molar-refractivity contribution in [2.75, 3.05) is 0 Å². The van der Waals surface area contributed by atoms with Gasteiger partial charge in [0.2, 0.25) is 0 Å². The van der Waals surface area contributed by atoms with E-state index in [1.807, 2.05) is 13.8 Å². The SMILES string of the molecule is CC[C@@H](C(=O)O)n1nccc1C. The number of carboxylic acids is 1. The number of aryl methyl sites for hydroxylation is 1. The summed E-state index contributed by atoms with van der Waals surface area (Å²) >= 11 is 0. The number of aromatic nitrogens is 2. The van der Waals surface area contributed by atoms with Crippen molar-refractivity contribution in [2.45, 2.75) is 26.3 Å². The van der Waals surface area contributed by atoms with Crippen molar-refractivity contribution < 1.29 is 9.90 Å². The molecule has 1 rings (SSSR count). The van der Waals surface area contributed by atoms with E-state index in [0.717, 1.165) is 5.69 Å². The van der Waals surface area contributed by atoms with Gasteiger partial charge in [-0.2, -0.15) is 5.10 Å². The van der Waals surface area contributed by atoms with Crippen molar-refractivity contribution in [1.82, 2.24) is 9.78 Å². The summed E-state index contributed by atoms with van der Waals surface area (Å²) in [5.41, 5.74) is 0.879. The maximum absolute atomic E-state index is 10.7. The number of rotatable bonds is 3. The van der Waals surface area contributed by atoms with Crippen molar-refractivity contribution in [3.8, 4) is 0 Å². The fraction of sp³-hybridized carbons (Fsp3) is 0.500. The predicted molar refractivity (Wildman–Crippen MR) is 43.9 cm³/mol. The standard InChI is InChI=1S/C8H12N2O2/c1-3-7(8(11)12)10-6(2)4-5-9-10/h4-5,7H,3H2,1-2H3,(H,11,12)/t7-/m0/s1. The average Bonchev–Trinajstić information content (AvgIpc) is 2.38. The zero-order chi connectivity index (χ0) is 9.14. The van der Waals surface area contributed by atoms with Gasteiger partial charge in [0.05, 0.1) is 0 Å². The fourth-order valence-corrected chi connectivity index (χ4v) is 1.16. The Morgan fingerprint density at radius 3 is 2.83 bits per heavy atom. The van der Waals surface area contributed by atoms with Crippen LogP contribution in [0.2, 0.25) is 0 Å². The Balaban J connectivity index is 2.94. The molecule has 0 amide bonds. The summed E-state index contributed by atoms with van der Waals surface area (Å²) in [4.78, 5) is 10.7. The maximum atomic E-state index is 10.7. The van der Waals surface area contributed by atoms with Gasteiger partial charge in [0.25, 0.3) is 0 Å². The van der Waals surface area contributed by atoms with Gasteiger partial charge in [0, 0.05) is 11.9 Å². The van der Waals surface area contributed by atoms with Crippen LogP contribution in [0.15, 0.2) is 12.3 Å². The van der Waals surface area contributed by atoms with Gasteiger partial charge in [-0.25, -0.2) is 4.79 Å². The van der Waals surface area contributed by atoms with E-state index in [1.165, 1.54) is 4.68 Å². The van der Waals surface area contributed by atoms with Crippen LogP contribution in [0.3, 0.4) is 0 Å². The Morgan fingerprint density at radius 2 is 2.50 bits per heavy atom. The molecule has 0 radical (unpaired) electrons. The van der Waals surface area contributed by atoms with Crippen molar-refractivity contribution in [1.29, 1.82) is 0 Å². The quantitative estimate of drug-likeness (QED) is 0.738. The Hall–Kier alpha value is -1.32. The number of nitrogens with zero attached hydrogens (tertiary/aromatic N) is 2. The molecule has 0 aliphatic rings. The molecule has 1 atom stereocenters. The van der Waals surface area contributed by atoms with E-state index in [1.54, 1.807) is 12.3 Å². The molecule has 0 saturated carbocycles. The number of aliphatic carboxylic acids is 1. The van der Waals surface area contributed by atoms with E-state index in [2.05, 4.69) is 5.10 Å². The van der Waals surface area contributed by atoms with Crippen LogP contribution in [0, 0.1) is 6.92 Å². The summed E-state index contributed by atoms with van der Waals surface area (Å²) in [5.74, 6) is -0.829. The summed E-state index contributed by atoms with van der Waals surface area (Å²) in [5, 5.41) is 12.8. The van der Waals surface area contributed by atoms with Crippen LogP contribution in [0.4, 0.5) is 0 Å².